The van der Waals surface area contributed by atoms with Crippen molar-refractivity contribution in [3.8, 4) is 11.6 Å². The Hall–Kier alpha value is -4.02. The second-order valence-electron chi connectivity index (χ2n) is 11.6. The Morgan fingerprint density at radius 2 is 1.95 bits per heavy atom. The molecule has 2 aliphatic carbocycles. The molecule has 0 radical (unpaired) electrons. The van der Waals surface area contributed by atoms with Crippen LogP contribution in [0.15, 0.2) is 46.2 Å². The number of aromatic amines is 1. The molecule has 2 saturated carbocycles. The molecule has 11 heteroatoms. The van der Waals surface area contributed by atoms with E-state index >= 15 is 0 Å². The van der Waals surface area contributed by atoms with E-state index in [1.165, 1.54) is 31.4 Å². The number of allylic oxidation sites excluding steroid dienone is 1. The number of anilines is 2. The summed E-state index contributed by atoms with van der Waals surface area (Å²) in [4.78, 5) is 28.8. The topological polar surface area (TPSA) is 127 Å². The van der Waals surface area contributed by atoms with Crippen molar-refractivity contribution in [3.63, 3.8) is 0 Å². The van der Waals surface area contributed by atoms with Gasteiger partial charge in [-0.1, -0.05) is 29.8 Å². The number of benzene rings is 1. The smallest absolute Gasteiger partial charge is 0.365 e. The first-order valence-corrected chi connectivity index (χ1v) is 14.6. The van der Waals surface area contributed by atoms with Crippen molar-refractivity contribution in [2.45, 2.75) is 77.4 Å². The van der Waals surface area contributed by atoms with E-state index in [1.54, 1.807) is 6.07 Å². The molecular weight excluding hydrogens is 523 g/mol. The molecule has 0 amide bonds. The molecule has 6 rings (SSSR count). The fourth-order valence-electron chi connectivity index (χ4n) is 6.05. The molecule has 10 nitrogen and oxygen atoms in total. The number of nitrogens with one attached hydrogen (secondary N) is 3. The standard InChI is InChI=1S/C30H37FN8O2/c1-4-19-11-13-20(14-12-19)16-39-24-25(32-17(2)21-7-5-8-21)34-27(28-37-30(40)41-38-28)35-26(24)36-29(39)33-18(3)22-9-6-10-23(31)15-22/h4,6,9-10,15,17-21H,1,5,7-8,11-14,16H2,2-3H3,(H,37,38,40)(H2,32,33,34,35,36)/t17-,18+,19-,20-/m1/s1. The fraction of sp³-hybridized carbons (Fsp3) is 0.500. The van der Waals surface area contributed by atoms with Gasteiger partial charge in [-0.25, -0.2) is 19.2 Å². The van der Waals surface area contributed by atoms with E-state index in [1.807, 2.05) is 13.0 Å². The largest absolute Gasteiger partial charge is 0.439 e. The van der Waals surface area contributed by atoms with Crippen molar-refractivity contribution in [1.29, 1.82) is 0 Å². The highest BCUT2D eigenvalue weighted by molar-refractivity contribution is 5.87. The third-order valence-corrected chi connectivity index (χ3v) is 8.84. The van der Waals surface area contributed by atoms with E-state index < -0.39 is 5.76 Å². The maximum atomic E-state index is 14.0. The first-order chi connectivity index (χ1) is 19.9. The number of imidazole rings is 1. The van der Waals surface area contributed by atoms with Gasteiger partial charge in [0.25, 0.3) is 0 Å². The number of rotatable bonds is 10. The first-order valence-electron chi connectivity index (χ1n) is 14.6. The van der Waals surface area contributed by atoms with Gasteiger partial charge in [-0.05, 0) is 87.8 Å². The lowest BCUT2D eigenvalue weighted by molar-refractivity contribution is 0.283. The maximum absolute atomic E-state index is 14.0. The number of hydrogen-bond donors (Lipinski definition) is 3. The molecule has 216 valence electrons. The Bertz CT molecular complexity index is 1580. The number of aromatic nitrogens is 6. The normalized spacial score (nSPS) is 20.9. The fourth-order valence-corrected chi connectivity index (χ4v) is 6.05. The van der Waals surface area contributed by atoms with Crippen molar-refractivity contribution in [3.05, 3.63) is 58.9 Å². The van der Waals surface area contributed by atoms with Crippen LogP contribution < -0.4 is 16.4 Å². The zero-order chi connectivity index (χ0) is 28.5. The van der Waals surface area contributed by atoms with E-state index in [0.717, 1.165) is 43.3 Å². The number of H-pyrrole nitrogens is 1. The monoisotopic (exact) mass is 560 g/mol. The van der Waals surface area contributed by atoms with Gasteiger partial charge in [0.15, 0.2) is 11.5 Å². The lowest BCUT2D eigenvalue weighted by atomic mass is 9.80. The molecule has 2 aliphatic rings. The quantitative estimate of drug-likeness (QED) is 0.199. The third kappa shape index (κ3) is 5.75. The van der Waals surface area contributed by atoms with Crippen LogP contribution in [0.3, 0.4) is 0 Å². The van der Waals surface area contributed by atoms with Gasteiger partial charge in [0.2, 0.25) is 17.6 Å². The molecule has 3 aromatic heterocycles. The van der Waals surface area contributed by atoms with Gasteiger partial charge in [0.05, 0.1) is 6.04 Å². The molecule has 0 spiro atoms. The van der Waals surface area contributed by atoms with Crippen molar-refractivity contribution < 1.29 is 8.91 Å². The SMILES string of the molecule is C=C[C@H]1CC[C@H](Cn2c(N[C@@H](C)c3cccc(F)c3)nc3nc(-c4noc(=O)[nH]4)nc(N[C@H](C)C4CCC4)c32)CC1. The summed E-state index contributed by atoms with van der Waals surface area (Å²) < 4.78 is 21.0. The predicted molar refractivity (Wildman–Crippen MR) is 156 cm³/mol. The van der Waals surface area contributed by atoms with Crippen molar-refractivity contribution in [2.75, 3.05) is 10.6 Å². The summed E-state index contributed by atoms with van der Waals surface area (Å²) in [6.45, 7) is 8.91. The summed E-state index contributed by atoms with van der Waals surface area (Å²) in [6.07, 6.45) is 10.1. The van der Waals surface area contributed by atoms with Crippen LogP contribution in [0, 0.1) is 23.6 Å². The zero-order valence-corrected chi connectivity index (χ0v) is 23.6. The van der Waals surface area contributed by atoms with Crippen LogP contribution in [-0.2, 0) is 6.54 Å². The van der Waals surface area contributed by atoms with Crippen LogP contribution in [0.1, 0.15) is 70.4 Å². The summed E-state index contributed by atoms with van der Waals surface area (Å²) in [6, 6.07) is 6.58. The third-order valence-electron chi connectivity index (χ3n) is 8.84. The molecule has 41 heavy (non-hydrogen) atoms. The molecule has 2 fully saturated rings. The van der Waals surface area contributed by atoms with Crippen LogP contribution in [0.4, 0.5) is 16.2 Å². The molecular formula is C30H37FN8O2. The highest BCUT2D eigenvalue weighted by atomic mass is 19.1. The highest BCUT2D eigenvalue weighted by Crippen LogP contribution is 2.36. The average molecular weight is 561 g/mol. The maximum Gasteiger partial charge on any atom is 0.439 e. The van der Waals surface area contributed by atoms with Crippen molar-refractivity contribution in [1.82, 2.24) is 29.7 Å². The van der Waals surface area contributed by atoms with Crippen molar-refractivity contribution in [2.24, 2.45) is 17.8 Å². The Morgan fingerprint density at radius 3 is 2.61 bits per heavy atom. The molecule has 4 aromatic rings. The lowest BCUT2D eigenvalue weighted by Crippen LogP contribution is -2.31. The zero-order valence-electron chi connectivity index (χ0n) is 23.6. The minimum absolute atomic E-state index is 0.149. The van der Waals surface area contributed by atoms with Gasteiger partial charge in [0.1, 0.15) is 11.3 Å². The minimum Gasteiger partial charge on any atom is -0.365 e. The lowest BCUT2D eigenvalue weighted by Gasteiger charge is -2.32. The van der Waals surface area contributed by atoms with Gasteiger partial charge in [-0.15, -0.1) is 6.58 Å². The van der Waals surface area contributed by atoms with Gasteiger partial charge in [-0.3, -0.25) is 9.51 Å². The molecule has 1 aromatic carbocycles. The number of hydrogen-bond acceptors (Lipinski definition) is 8. The molecule has 3 heterocycles. The number of nitrogens with zero attached hydrogens (tertiary/aromatic N) is 5. The molecule has 0 saturated heterocycles. The summed E-state index contributed by atoms with van der Waals surface area (Å²) in [7, 11) is 0. The van der Waals surface area contributed by atoms with Gasteiger partial charge in [0, 0.05) is 12.6 Å². The number of fused-ring (bicyclic) bond motifs is 1. The summed E-state index contributed by atoms with van der Waals surface area (Å²) >= 11 is 0. The summed E-state index contributed by atoms with van der Waals surface area (Å²) in [5, 5.41) is 11.0. The second kappa shape index (κ2) is 11.5. The van der Waals surface area contributed by atoms with E-state index in [2.05, 4.69) is 44.9 Å². The minimum atomic E-state index is -0.673. The molecule has 0 unspecified atom stereocenters. The van der Waals surface area contributed by atoms with Crippen LogP contribution in [0.2, 0.25) is 0 Å². The first kappa shape index (κ1) is 27.2. The molecule has 0 aliphatic heterocycles. The molecule has 2 atom stereocenters. The van der Waals surface area contributed by atoms with E-state index in [9.17, 15) is 9.18 Å². The Kier molecular flexibility index (Phi) is 7.59. The van der Waals surface area contributed by atoms with Gasteiger partial charge < -0.3 is 15.2 Å². The van der Waals surface area contributed by atoms with Crippen LogP contribution in [0.25, 0.3) is 22.8 Å². The summed E-state index contributed by atoms with van der Waals surface area (Å²) in [5.41, 5.74) is 2.10. The molecule has 0 bridgehead atoms. The Balaban J connectivity index is 1.44. The molecule has 3 N–H and O–H groups in total. The highest BCUT2D eigenvalue weighted by Gasteiger charge is 2.29. The predicted octanol–water partition coefficient (Wildman–Crippen LogP) is 6.07. The Labute approximate surface area is 237 Å². The second-order valence-corrected chi connectivity index (χ2v) is 11.6. The average Bonchev–Trinajstić information content (AvgIpc) is 3.51. The van der Waals surface area contributed by atoms with E-state index in [4.69, 9.17) is 19.5 Å². The van der Waals surface area contributed by atoms with Crippen LogP contribution in [0.5, 0.6) is 0 Å². The summed E-state index contributed by atoms with van der Waals surface area (Å²) in [5.74, 6) is 2.29. The van der Waals surface area contributed by atoms with Crippen LogP contribution >= 0.6 is 0 Å². The van der Waals surface area contributed by atoms with Gasteiger partial charge in [-0.2, -0.15) is 4.98 Å². The van der Waals surface area contributed by atoms with Gasteiger partial charge >= 0.3 is 5.76 Å². The van der Waals surface area contributed by atoms with E-state index in [0.29, 0.717) is 35.2 Å². The van der Waals surface area contributed by atoms with Crippen LogP contribution in [-0.4, -0.2) is 35.7 Å². The Morgan fingerprint density at radius 1 is 1.15 bits per heavy atom. The number of halogens is 1. The van der Waals surface area contributed by atoms with E-state index in [-0.39, 0.29) is 29.5 Å². The van der Waals surface area contributed by atoms with Crippen molar-refractivity contribution >= 4 is 22.9 Å².